The summed E-state index contributed by atoms with van der Waals surface area (Å²) in [6.07, 6.45) is 6.83. The summed E-state index contributed by atoms with van der Waals surface area (Å²) in [5.41, 5.74) is 0. The first-order valence-electron chi connectivity index (χ1n) is 6.64. The Labute approximate surface area is 95.4 Å². The van der Waals surface area contributed by atoms with Gasteiger partial charge >= 0.3 is 0 Å². The van der Waals surface area contributed by atoms with Crippen LogP contribution in [-0.2, 0) is 0 Å². The summed E-state index contributed by atoms with van der Waals surface area (Å²) in [6, 6.07) is 0.748. The number of hydrogen-bond acceptors (Lipinski definition) is 2. The van der Waals surface area contributed by atoms with Gasteiger partial charge < -0.3 is 10.2 Å². The first kappa shape index (κ1) is 13.0. The summed E-state index contributed by atoms with van der Waals surface area (Å²) in [5, 5.41) is 3.61. The molecule has 2 heteroatoms. The molecule has 0 radical (unpaired) electrons. The second kappa shape index (κ2) is 7.24. The number of nitrogens with one attached hydrogen (secondary N) is 1. The van der Waals surface area contributed by atoms with Crippen molar-refractivity contribution in [3.63, 3.8) is 0 Å². The van der Waals surface area contributed by atoms with Gasteiger partial charge in [0.2, 0.25) is 0 Å². The van der Waals surface area contributed by atoms with Crippen molar-refractivity contribution in [2.24, 2.45) is 5.92 Å². The lowest BCUT2D eigenvalue weighted by Gasteiger charge is -2.29. The van der Waals surface area contributed by atoms with Crippen molar-refractivity contribution < 1.29 is 0 Å². The largest absolute Gasteiger partial charge is 0.313 e. The molecule has 0 saturated carbocycles. The molecule has 2 atom stereocenters. The Balaban J connectivity index is 2.13. The van der Waals surface area contributed by atoms with Gasteiger partial charge in [0.25, 0.3) is 0 Å². The molecule has 1 saturated heterocycles. The molecule has 1 N–H and O–H groups in total. The normalized spacial score (nSPS) is 24.4. The van der Waals surface area contributed by atoms with E-state index >= 15 is 0 Å². The summed E-state index contributed by atoms with van der Waals surface area (Å²) < 4.78 is 0. The zero-order chi connectivity index (χ0) is 11.1. The van der Waals surface area contributed by atoms with Crippen LogP contribution < -0.4 is 5.32 Å². The molecule has 0 aromatic heterocycles. The average molecular weight is 212 g/mol. The minimum absolute atomic E-state index is 0.748. The molecule has 0 aliphatic carbocycles. The summed E-state index contributed by atoms with van der Waals surface area (Å²) in [6.45, 7) is 8.36. The third-order valence-electron chi connectivity index (χ3n) is 3.35. The molecule has 1 aliphatic rings. The average Bonchev–Trinajstić information content (AvgIpc) is 2.19. The maximum Gasteiger partial charge on any atom is 0.0194 e. The summed E-state index contributed by atoms with van der Waals surface area (Å²) >= 11 is 0. The van der Waals surface area contributed by atoms with Gasteiger partial charge in [0.05, 0.1) is 0 Å². The number of rotatable bonds is 6. The van der Waals surface area contributed by atoms with Crippen LogP contribution in [0.25, 0.3) is 0 Å². The molecule has 0 bridgehead atoms. The van der Waals surface area contributed by atoms with Gasteiger partial charge in [0.15, 0.2) is 0 Å². The number of hydrogen-bond donors (Lipinski definition) is 1. The van der Waals surface area contributed by atoms with Gasteiger partial charge in [-0.2, -0.15) is 0 Å². The maximum absolute atomic E-state index is 3.61. The Bertz CT molecular complexity index is 153. The minimum Gasteiger partial charge on any atom is -0.313 e. The molecule has 0 spiro atoms. The van der Waals surface area contributed by atoms with Crippen molar-refractivity contribution in [2.75, 3.05) is 26.7 Å². The smallest absolute Gasteiger partial charge is 0.0194 e. The van der Waals surface area contributed by atoms with Gasteiger partial charge in [0.1, 0.15) is 0 Å². The van der Waals surface area contributed by atoms with E-state index in [-0.39, 0.29) is 0 Å². The lowest BCUT2D eigenvalue weighted by Crippen LogP contribution is -2.43. The third-order valence-corrected chi connectivity index (χ3v) is 3.35. The molecule has 1 fully saturated rings. The van der Waals surface area contributed by atoms with Gasteiger partial charge in [-0.1, -0.05) is 26.7 Å². The zero-order valence-corrected chi connectivity index (χ0v) is 10.8. The highest BCUT2D eigenvalue weighted by Crippen LogP contribution is 2.10. The van der Waals surface area contributed by atoms with E-state index in [0.717, 1.165) is 12.0 Å². The van der Waals surface area contributed by atoms with E-state index in [1.807, 2.05) is 0 Å². The van der Waals surface area contributed by atoms with Crippen LogP contribution in [0.15, 0.2) is 0 Å². The molecule has 1 heterocycles. The number of piperidine rings is 1. The van der Waals surface area contributed by atoms with Crippen molar-refractivity contribution in [3.8, 4) is 0 Å². The van der Waals surface area contributed by atoms with Crippen molar-refractivity contribution >= 4 is 0 Å². The van der Waals surface area contributed by atoms with Gasteiger partial charge in [-0.05, 0) is 38.8 Å². The van der Waals surface area contributed by atoms with Crippen LogP contribution in [0.4, 0.5) is 0 Å². The Morgan fingerprint density at radius 2 is 2.20 bits per heavy atom. The van der Waals surface area contributed by atoms with Gasteiger partial charge in [-0.15, -0.1) is 0 Å². The van der Waals surface area contributed by atoms with Crippen molar-refractivity contribution in [1.82, 2.24) is 10.2 Å². The van der Waals surface area contributed by atoms with Crippen LogP contribution in [0, 0.1) is 5.92 Å². The van der Waals surface area contributed by atoms with Crippen LogP contribution in [0.5, 0.6) is 0 Å². The standard InChI is InChI=1S/C13H28N2/c1-4-7-12(2)10-15(3)11-13-8-5-6-9-14-13/h12-14H,4-11H2,1-3H3. The monoisotopic (exact) mass is 212 g/mol. The lowest BCUT2D eigenvalue weighted by atomic mass is 10.0. The topological polar surface area (TPSA) is 15.3 Å². The first-order chi connectivity index (χ1) is 7.22. The van der Waals surface area contributed by atoms with E-state index in [9.17, 15) is 0 Å². The molecular weight excluding hydrogens is 184 g/mol. The predicted molar refractivity (Wildman–Crippen MR) is 67.2 cm³/mol. The third kappa shape index (κ3) is 5.53. The fourth-order valence-corrected chi connectivity index (χ4v) is 2.65. The quantitative estimate of drug-likeness (QED) is 0.728. The highest BCUT2D eigenvalue weighted by Gasteiger charge is 2.15. The molecule has 2 nitrogen and oxygen atoms in total. The molecule has 1 rings (SSSR count). The summed E-state index contributed by atoms with van der Waals surface area (Å²) in [7, 11) is 2.27. The van der Waals surface area contributed by atoms with Gasteiger partial charge in [-0.25, -0.2) is 0 Å². The number of likely N-dealkylation sites (N-methyl/N-ethyl adjacent to an activating group) is 1. The molecule has 0 aromatic carbocycles. The molecule has 0 amide bonds. The molecule has 2 unspecified atom stereocenters. The molecule has 0 aromatic rings. The molecule has 15 heavy (non-hydrogen) atoms. The fraction of sp³-hybridized carbons (Fsp3) is 1.00. The van der Waals surface area contributed by atoms with Crippen LogP contribution in [0.3, 0.4) is 0 Å². The Morgan fingerprint density at radius 3 is 2.80 bits per heavy atom. The van der Waals surface area contributed by atoms with Crippen molar-refractivity contribution in [1.29, 1.82) is 0 Å². The van der Waals surface area contributed by atoms with E-state index in [2.05, 4.69) is 31.1 Å². The Kier molecular flexibility index (Phi) is 6.26. The van der Waals surface area contributed by atoms with Crippen LogP contribution in [0.1, 0.15) is 46.0 Å². The molecular formula is C13H28N2. The van der Waals surface area contributed by atoms with Crippen molar-refractivity contribution in [3.05, 3.63) is 0 Å². The zero-order valence-electron chi connectivity index (χ0n) is 10.8. The Hall–Kier alpha value is -0.0800. The SMILES string of the molecule is CCCC(C)CN(C)CC1CCCCN1. The van der Waals surface area contributed by atoms with E-state index in [1.165, 1.54) is 51.7 Å². The van der Waals surface area contributed by atoms with Crippen LogP contribution in [0.2, 0.25) is 0 Å². The predicted octanol–water partition coefficient (Wildman–Crippen LogP) is 2.50. The Morgan fingerprint density at radius 1 is 1.40 bits per heavy atom. The van der Waals surface area contributed by atoms with Crippen molar-refractivity contribution in [2.45, 2.75) is 52.0 Å². The second-order valence-electron chi connectivity index (χ2n) is 5.26. The lowest BCUT2D eigenvalue weighted by molar-refractivity contribution is 0.231. The summed E-state index contributed by atoms with van der Waals surface area (Å²) in [5.74, 6) is 0.851. The second-order valence-corrected chi connectivity index (χ2v) is 5.26. The molecule has 90 valence electrons. The summed E-state index contributed by atoms with van der Waals surface area (Å²) in [4.78, 5) is 2.50. The fourth-order valence-electron chi connectivity index (χ4n) is 2.65. The van der Waals surface area contributed by atoms with Crippen LogP contribution in [-0.4, -0.2) is 37.6 Å². The van der Waals surface area contributed by atoms with Gasteiger partial charge in [0, 0.05) is 19.1 Å². The van der Waals surface area contributed by atoms with E-state index < -0.39 is 0 Å². The van der Waals surface area contributed by atoms with E-state index in [4.69, 9.17) is 0 Å². The van der Waals surface area contributed by atoms with E-state index in [1.54, 1.807) is 0 Å². The van der Waals surface area contributed by atoms with E-state index in [0.29, 0.717) is 0 Å². The minimum atomic E-state index is 0.748. The highest BCUT2D eigenvalue weighted by atomic mass is 15.1. The van der Waals surface area contributed by atoms with Crippen LogP contribution >= 0.6 is 0 Å². The maximum atomic E-state index is 3.61. The first-order valence-corrected chi connectivity index (χ1v) is 6.64. The van der Waals surface area contributed by atoms with Gasteiger partial charge in [-0.3, -0.25) is 0 Å². The molecule has 1 aliphatic heterocycles. The number of nitrogens with zero attached hydrogens (tertiary/aromatic N) is 1. The highest BCUT2D eigenvalue weighted by molar-refractivity contribution is 4.75.